The molecule has 3 N–H and O–H groups in total. The summed E-state index contributed by atoms with van der Waals surface area (Å²) < 4.78 is 0. The number of carbonyl (C=O) groups excluding carboxylic acids is 1. The van der Waals surface area contributed by atoms with Crippen molar-refractivity contribution in [2.75, 3.05) is 5.32 Å². The number of nitrogens with one attached hydrogen (secondary N) is 1. The lowest BCUT2D eigenvalue weighted by Crippen LogP contribution is -2.18. The Morgan fingerprint density at radius 2 is 1.82 bits per heavy atom. The van der Waals surface area contributed by atoms with Crippen molar-refractivity contribution < 1.29 is 9.90 Å². The van der Waals surface area contributed by atoms with Gasteiger partial charge in [-0.3, -0.25) is 5.11 Å². The molecule has 1 aromatic rings. The highest BCUT2D eigenvalue weighted by atomic mass is 16.3. The molecule has 0 spiro atoms. The highest BCUT2D eigenvalue weighted by Crippen LogP contribution is 2.13. The van der Waals surface area contributed by atoms with Gasteiger partial charge >= 0.3 is 6.03 Å². The molecule has 4 nitrogen and oxygen atoms in total. The summed E-state index contributed by atoms with van der Waals surface area (Å²) in [7, 11) is 0. The predicted octanol–water partition coefficient (Wildman–Crippen LogP) is 1.32. The van der Waals surface area contributed by atoms with Gasteiger partial charge in [-0.1, -0.05) is 0 Å². The number of benzene rings is 1. The van der Waals surface area contributed by atoms with Gasteiger partial charge in [-0.15, -0.1) is 0 Å². The molecule has 4 heteroatoms. The molecule has 1 radical (unpaired) electrons. The van der Waals surface area contributed by atoms with Gasteiger partial charge in [0, 0.05) is 5.69 Å². The van der Waals surface area contributed by atoms with E-state index in [1.165, 1.54) is 24.3 Å². The lowest BCUT2D eigenvalue weighted by Gasteiger charge is -1.98. The van der Waals surface area contributed by atoms with Gasteiger partial charge in [-0.05, 0) is 24.3 Å². The zero-order valence-electron chi connectivity index (χ0n) is 5.70. The van der Waals surface area contributed by atoms with Crippen LogP contribution in [0.2, 0.25) is 0 Å². The maximum atomic E-state index is 10.6. The topological polar surface area (TPSA) is 75.0 Å². The zero-order valence-corrected chi connectivity index (χ0v) is 5.70. The normalized spacial score (nSPS) is 9.09. The molecular weight excluding hydrogens is 144 g/mol. The number of hydrogen-bond donors (Lipinski definition) is 2. The molecule has 0 saturated heterocycles. The predicted molar refractivity (Wildman–Crippen MR) is 39.8 cm³/mol. The van der Waals surface area contributed by atoms with Gasteiger partial charge in [-0.2, -0.15) is 0 Å². The molecule has 0 aliphatic heterocycles. The van der Waals surface area contributed by atoms with Gasteiger partial charge in [0.1, 0.15) is 0 Å². The third-order valence-corrected chi connectivity index (χ3v) is 1.12. The van der Waals surface area contributed by atoms with Gasteiger partial charge in [0.05, 0.1) is 0 Å². The first kappa shape index (κ1) is 7.40. The van der Waals surface area contributed by atoms with E-state index < -0.39 is 6.03 Å². The van der Waals surface area contributed by atoms with E-state index in [2.05, 4.69) is 5.32 Å². The average Bonchev–Trinajstić information content (AvgIpc) is 1.93. The second-order valence-electron chi connectivity index (χ2n) is 2.01. The van der Waals surface area contributed by atoms with E-state index in [0.717, 1.165) is 0 Å². The Bertz CT molecular complexity index is 256. The standard InChI is InChI=1S/C7H7N2O2/c8-7(11)9-5-1-3-6(10)4-2-5/h1-4H,(H3,8,9,11). The first-order valence-electron chi connectivity index (χ1n) is 3.02. The minimum absolute atomic E-state index is 0.0972. The number of anilines is 1. The first-order chi connectivity index (χ1) is 5.18. The molecule has 0 unspecified atom stereocenters. The highest BCUT2D eigenvalue weighted by Gasteiger charge is 1.94. The molecule has 0 fully saturated rings. The number of hydrogen-bond acceptors (Lipinski definition) is 1. The third-order valence-electron chi connectivity index (χ3n) is 1.12. The van der Waals surface area contributed by atoms with Gasteiger partial charge in [-0.25, -0.2) is 4.79 Å². The highest BCUT2D eigenvalue weighted by molar-refractivity contribution is 5.87. The van der Waals surface area contributed by atoms with Crippen molar-refractivity contribution in [3.63, 3.8) is 0 Å². The van der Waals surface area contributed by atoms with Crippen molar-refractivity contribution in [1.29, 1.82) is 0 Å². The second kappa shape index (κ2) is 2.92. The quantitative estimate of drug-likeness (QED) is 0.624. The molecule has 0 saturated carbocycles. The van der Waals surface area contributed by atoms with Crippen LogP contribution in [0, 0.1) is 0 Å². The van der Waals surface area contributed by atoms with Crippen LogP contribution in [0.25, 0.3) is 0 Å². The van der Waals surface area contributed by atoms with Crippen LogP contribution in [0.15, 0.2) is 24.3 Å². The molecular formula is C7H7N2O2. The molecule has 1 rings (SSSR count). The Labute approximate surface area is 63.6 Å². The Kier molecular flexibility index (Phi) is 1.96. The molecule has 11 heavy (non-hydrogen) atoms. The van der Waals surface area contributed by atoms with Gasteiger partial charge in [0.2, 0.25) is 0 Å². The van der Waals surface area contributed by atoms with E-state index in [-0.39, 0.29) is 5.75 Å². The molecule has 0 heterocycles. The number of amides is 2. The fourth-order valence-electron chi connectivity index (χ4n) is 0.681. The summed E-state index contributed by atoms with van der Waals surface area (Å²) in [5.41, 5.74) is 5.36. The van der Waals surface area contributed by atoms with Crippen molar-refractivity contribution in [2.24, 2.45) is 5.73 Å². The van der Waals surface area contributed by atoms with Crippen molar-refractivity contribution >= 4 is 11.7 Å². The van der Waals surface area contributed by atoms with Crippen LogP contribution < -0.4 is 11.1 Å². The molecule has 0 atom stereocenters. The van der Waals surface area contributed by atoms with Gasteiger partial charge < -0.3 is 11.1 Å². The lowest BCUT2D eigenvalue weighted by molar-refractivity contribution is 0.259. The fourth-order valence-corrected chi connectivity index (χ4v) is 0.681. The number of nitrogens with two attached hydrogens (primary N) is 1. The lowest BCUT2D eigenvalue weighted by atomic mass is 10.3. The summed E-state index contributed by atoms with van der Waals surface area (Å²) >= 11 is 0. The maximum Gasteiger partial charge on any atom is 0.316 e. The van der Waals surface area contributed by atoms with Crippen molar-refractivity contribution in [1.82, 2.24) is 0 Å². The molecule has 57 valence electrons. The largest absolute Gasteiger partial charge is 0.351 e. The Balaban J connectivity index is 2.74. The summed E-state index contributed by atoms with van der Waals surface area (Å²) in [5.74, 6) is -0.0972. The summed E-state index contributed by atoms with van der Waals surface area (Å²) in [6.07, 6.45) is 0. The Hall–Kier alpha value is -1.71. The maximum absolute atomic E-state index is 10.6. The van der Waals surface area contributed by atoms with Gasteiger partial charge in [0.15, 0.2) is 5.75 Å². The monoisotopic (exact) mass is 151 g/mol. The first-order valence-corrected chi connectivity index (χ1v) is 3.02. The second-order valence-corrected chi connectivity index (χ2v) is 2.01. The van der Waals surface area contributed by atoms with E-state index in [1.54, 1.807) is 0 Å². The third kappa shape index (κ3) is 2.17. The number of carbonyl (C=O) groups is 1. The number of primary amides is 1. The molecule has 1 aromatic carbocycles. The van der Waals surface area contributed by atoms with Crippen LogP contribution in [-0.4, -0.2) is 6.03 Å². The van der Waals surface area contributed by atoms with E-state index in [1.807, 2.05) is 0 Å². The van der Waals surface area contributed by atoms with Crippen LogP contribution in [0.3, 0.4) is 0 Å². The summed E-state index contributed by atoms with van der Waals surface area (Å²) in [6, 6.07) is 5.06. The van der Waals surface area contributed by atoms with Crippen molar-refractivity contribution in [3.05, 3.63) is 24.3 Å². The smallest absolute Gasteiger partial charge is 0.316 e. The van der Waals surface area contributed by atoms with Crippen molar-refractivity contribution in [3.8, 4) is 5.75 Å². The van der Waals surface area contributed by atoms with Crippen LogP contribution in [0.5, 0.6) is 5.75 Å². The van der Waals surface area contributed by atoms with E-state index in [4.69, 9.17) is 5.73 Å². The number of rotatable bonds is 1. The summed E-state index contributed by atoms with van der Waals surface area (Å²) in [4.78, 5) is 10.3. The number of urea groups is 1. The Morgan fingerprint density at radius 3 is 2.27 bits per heavy atom. The minimum Gasteiger partial charge on any atom is -0.351 e. The summed E-state index contributed by atoms with van der Waals surface area (Å²) in [6.45, 7) is 0. The fraction of sp³-hybridized carbons (Fsp3) is 0. The molecule has 0 aliphatic rings. The van der Waals surface area contributed by atoms with Crippen LogP contribution in [0.1, 0.15) is 0 Å². The van der Waals surface area contributed by atoms with E-state index in [9.17, 15) is 9.90 Å². The van der Waals surface area contributed by atoms with Crippen molar-refractivity contribution in [2.45, 2.75) is 0 Å². The Morgan fingerprint density at radius 1 is 1.27 bits per heavy atom. The average molecular weight is 151 g/mol. The van der Waals surface area contributed by atoms with E-state index in [0.29, 0.717) is 5.69 Å². The van der Waals surface area contributed by atoms with Crippen LogP contribution in [-0.2, 0) is 5.11 Å². The van der Waals surface area contributed by atoms with Crippen LogP contribution in [0.4, 0.5) is 10.5 Å². The SMILES string of the molecule is NC(=O)Nc1ccc([O])cc1. The molecule has 0 bridgehead atoms. The van der Waals surface area contributed by atoms with Crippen LogP contribution >= 0.6 is 0 Å². The molecule has 2 amide bonds. The van der Waals surface area contributed by atoms with Gasteiger partial charge in [0.25, 0.3) is 0 Å². The minimum atomic E-state index is -0.636. The molecule has 0 aromatic heterocycles. The summed E-state index contributed by atoms with van der Waals surface area (Å²) in [5, 5.41) is 12.9. The van der Waals surface area contributed by atoms with E-state index >= 15 is 0 Å². The zero-order chi connectivity index (χ0) is 8.27. The molecule has 0 aliphatic carbocycles.